The Balaban J connectivity index is 0.000000180. The van der Waals surface area contributed by atoms with Gasteiger partial charge in [-0.15, -0.1) is 0 Å². The number of unbranched alkanes of at least 4 members (excludes halogenated alkanes) is 5. The van der Waals surface area contributed by atoms with Crippen LogP contribution in [0.5, 0.6) is 0 Å². The first-order valence-corrected chi connectivity index (χ1v) is 8.18. The third-order valence-electron chi connectivity index (χ3n) is 5.63. The Morgan fingerprint density at radius 2 is 1.61 bits per heavy atom. The van der Waals surface area contributed by atoms with Gasteiger partial charge in [-0.2, -0.15) is 0 Å². The van der Waals surface area contributed by atoms with E-state index in [-0.39, 0.29) is 0 Å². The first-order valence-electron chi connectivity index (χ1n) is 8.18. The Labute approximate surface area is 115 Å². The predicted molar refractivity (Wildman–Crippen MR) is 81.7 cm³/mol. The number of nitrogens with two attached hydrogens (primary N) is 1. The van der Waals surface area contributed by atoms with Crippen LogP contribution in [-0.4, -0.2) is 6.54 Å². The standard InChI is InChI=1S/C9H16.C8H19N/c1-8(2)5-4-7-6-9(7,8)3;1-2-3-4-5-6-7-8-9/h7H,4-6H2,1-3H3;2-9H2,1H3. The number of fused-ring (bicyclic) bond motifs is 1. The summed E-state index contributed by atoms with van der Waals surface area (Å²) in [7, 11) is 0. The maximum Gasteiger partial charge on any atom is -0.00773 e. The molecule has 0 bridgehead atoms. The fourth-order valence-corrected chi connectivity index (χ4v) is 3.45. The van der Waals surface area contributed by atoms with Gasteiger partial charge in [0.05, 0.1) is 0 Å². The summed E-state index contributed by atoms with van der Waals surface area (Å²) in [5, 5.41) is 0. The van der Waals surface area contributed by atoms with Crippen molar-refractivity contribution in [1.29, 1.82) is 0 Å². The van der Waals surface area contributed by atoms with Crippen molar-refractivity contribution in [3.8, 4) is 0 Å². The summed E-state index contributed by atoms with van der Waals surface area (Å²) in [5.74, 6) is 1.10. The Kier molecular flexibility index (Phi) is 6.17. The summed E-state index contributed by atoms with van der Waals surface area (Å²) in [6.45, 7) is 10.4. The first-order chi connectivity index (χ1) is 8.48. The van der Waals surface area contributed by atoms with Crippen LogP contribution in [0.15, 0.2) is 0 Å². The second-order valence-electron chi connectivity index (χ2n) is 7.30. The molecule has 18 heavy (non-hydrogen) atoms. The highest BCUT2D eigenvalue weighted by molar-refractivity contribution is 5.12. The second-order valence-corrected chi connectivity index (χ2v) is 7.30. The average molecular weight is 253 g/mol. The smallest absolute Gasteiger partial charge is 0.00773 e. The highest BCUT2D eigenvalue weighted by atomic mass is 14.7. The molecule has 0 aromatic heterocycles. The van der Waals surface area contributed by atoms with Gasteiger partial charge in [-0.05, 0) is 49.0 Å². The zero-order chi connectivity index (χ0) is 13.6. The molecule has 2 fully saturated rings. The highest BCUT2D eigenvalue weighted by Gasteiger charge is 2.62. The molecule has 0 amide bonds. The minimum absolute atomic E-state index is 0.664. The zero-order valence-electron chi connectivity index (χ0n) is 13.2. The van der Waals surface area contributed by atoms with Gasteiger partial charge in [-0.25, -0.2) is 0 Å². The molecule has 0 heterocycles. The third-order valence-corrected chi connectivity index (χ3v) is 5.63. The predicted octanol–water partition coefficient (Wildman–Crippen LogP) is 5.14. The van der Waals surface area contributed by atoms with Crippen LogP contribution in [0.2, 0.25) is 0 Å². The van der Waals surface area contributed by atoms with Crippen molar-refractivity contribution >= 4 is 0 Å². The van der Waals surface area contributed by atoms with E-state index in [2.05, 4.69) is 27.7 Å². The van der Waals surface area contributed by atoms with Crippen molar-refractivity contribution in [3.63, 3.8) is 0 Å². The Hall–Kier alpha value is -0.0400. The summed E-state index contributed by atoms with van der Waals surface area (Å²) in [4.78, 5) is 0. The van der Waals surface area contributed by atoms with Gasteiger partial charge in [0, 0.05) is 0 Å². The molecule has 0 aromatic carbocycles. The zero-order valence-corrected chi connectivity index (χ0v) is 13.2. The molecule has 0 aliphatic heterocycles. The first kappa shape index (κ1) is 16.0. The van der Waals surface area contributed by atoms with Crippen molar-refractivity contribution in [2.45, 2.75) is 85.5 Å². The van der Waals surface area contributed by atoms with Gasteiger partial charge >= 0.3 is 0 Å². The molecule has 0 aromatic rings. The average Bonchev–Trinajstić information content (AvgIpc) is 2.95. The summed E-state index contributed by atoms with van der Waals surface area (Å²) < 4.78 is 0. The molecule has 2 atom stereocenters. The fraction of sp³-hybridized carbons (Fsp3) is 1.00. The third kappa shape index (κ3) is 3.98. The second kappa shape index (κ2) is 6.93. The summed E-state index contributed by atoms with van der Waals surface area (Å²) in [6.07, 6.45) is 12.5. The minimum atomic E-state index is 0.664. The van der Waals surface area contributed by atoms with Crippen LogP contribution in [0, 0.1) is 16.7 Å². The molecule has 2 unspecified atom stereocenters. The molecule has 2 rings (SSSR count). The van der Waals surface area contributed by atoms with Crippen molar-refractivity contribution in [1.82, 2.24) is 0 Å². The van der Waals surface area contributed by atoms with Gasteiger partial charge in [-0.3, -0.25) is 0 Å². The van der Waals surface area contributed by atoms with Crippen LogP contribution < -0.4 is 5.73 Å². The van der Waals surface area contributed by atoms with Crippen LogP contribution in [0.4, 0.5) is 0 Å². The molecular weight excluding hydrogens is 218 g/mol. The number of hydrogen-bond acceptors (Lipinski definition) is 1. The van der Waals surface area contributed by atoms with Crippen molar-refractivity contribution in [2.24, 2.45) is 22.5 Å². The molecule has 108 valence electrons. The molecule has 1 heteroatoms. The molecule has 2 N–H and O–H groups in total. The van der Waals surface area contributed by atoms with E-state index in [0.29, 0.717) is 5.41 Å². The van der Waals surface area contributed by atoms with Crippen LogP contribution in [0.3, 0.4) is 0 Å². The molecule has 0 saturated heterocycles. The molecular formula is C17H35N. The normalized spacial score (nSPS) is 31.5. The van der Waals surface area contributed by atoms with E-state index in [1.165, 1.54) is 57.8 Å². The van der Waals surface area contributed by atoms with E-state index in [1.807, 2.05) is 0 Å². The maximum atomic E-state index is 5.34. The van der Waals surface area contributed by atoms with Crippen molar-refractivity contribution in [3.05, 3.63) is 0 Å². The lowest BCUT2D eigenvalue weighted by molar-refractivity contribution is 0.226. The topological polar surface area (TPSA) is 26.0 Å². The van der Waals surface area contributed by atoms with E-state index in [1.54, 1.807) is 0 Å². The van der Waals surface area contributed by atoms with Crippen LogP contribution in [0.1, 0.15) is 85.5 Å². The molecule has 2 saturated carbocycles. The van der Waals surface area contributed by atoms with Gasteiger partial charge in [0.2, 0.25) is 0 Å². The van der Waals surface area contributed by atoms with Gasteiger partial charge in [0.25, 0.3) is 0 Å². The quantitative estimate of drug-likeness (QED) is 0.652. The van der Waals surface area contributed by atoms with Crippen LogP contribution in [0.25, 0.3) is 0 Å². The SMILES string of the molecule is CC1(C)CCC2CC21C.CCCCCCCCN. The van der Waals surface area contributed by atoms with Crippen LogP contribution >= 0.6 is 0 Å². The molecule has 0 spiro atoms. The van der Waals surface area contributed by atoms with Gasteiger partial charge in [0.15, 0.2) is 0 Å². The molecule has 2 aliphatic carbocycles. The lowest BCUT2D eigenvalue weighted by atomic mass is 9.78. The van der Waals surface area contributed by atoms with E-state index in [0.717, 1.165) is 17.9 Å². The largest absolute Gasteiger partial charge is 0.330 e. The number of rotatable bonds is 6. The van der Waals surface area contributed by atoms with E-state index < -0.39 is 0 Å². The Morgan fingerprint density at radius 1 is 1.00 bits per heavy atom. The summed E-state index contributed by atoms with van der Waals surface area (Å²) >= 11 is 0. The fourth-order valence-electron chi connectivity index (χ4n) is 3.45. The lowest BCUT2D eigenvalue weighted by Gasteiger charge is -2.27. The van der Waals surface area contributed by atoms with Crippen LogP contribution in [-0.2, 0) is 0 Å². The van der Waals surface area contributed by atoms with Gasteiger partial charge in [-0.1, -0.05) is 59.8 Å². The monoisotopic (exact) mass is 253 g/mol. The van der Waals surface area contributed by atoms with E-state index in [4.69, 9.17) is 5.73 Å². The molecule has 0 radical (unpaired) electrons. The molecule has 2 aliphatic rings. The van der Waals surface area contributed by atoms with E-state index in [9.17, 15) is 0 Å². The summed E-state index contributed by atoms with van der Waals surface area (Å²) in [6, 6.07) is 0. The van der Waals surface area contributed by atoms with Crippen molar-refractivity contribution < 1.29 is 0 Å². The van der Waals surface area contributed by atoms with Gasteiger partial charge in [0.1, 0.15) is 0 Å². The van der Waals surface area contributed by atoms with Gasteiger partial charge < -0.3 is 5.73 Å². The Bertz CT molecular complexity index is 223. The minimum Gasteiger partial charge on any atom is -0.330 e. The van der Waals surface area contributed by atoms with E-state index >= 15 is 0 Å². The summed E-state index contributed by atoms with van der Waals surface area (Å²) in [5.41, 5.74) is 6.76. The maximum absolute atomic E-state index is 5.34. The highest BCUT2D eigenvalue weighted by Crippen LogP contribution is 2.71. The Morgan fingerprint density at radius 3 is 1.94 bits per heavy atom. The molecule has 1 nitrogen and oxygen atoms in total. The van der Waals surface area contributed by atoms with Crippen molar-refractivity contribution in [2.75, 3.05) is 6.54 Å². The lowest BCUT2D eigenvalue weighted by Crippen LogP contribution is -2.18. The number of hydrogen-bond donors (Lipinski definition) is 1.